The third-order valence-corrected chi connectivity index (χ3v) is 3.65. The van der Waals surface area contributed by atoms with Gasteiger partial charge in [0, 0.05) is 24.7 Å². The molecule has 2 N–H and O–H groups in total. The summed E-state index contributed by atoms with van der Waals surface area (Å²) in [5.41, 5.74) is 5.03. The van der Waals surface area contributed by atoms with Crippen LogP contribution in [0.5, 0.6) is 0 Å². The van der Waals surface area contributed by atoms with Gasteiger partial charge < -0.3 is 10.6 Å². The van der Waals surface area contributed by atoms with Crippen molar-refractivity contribution in [3.63, 3.8) is 0 Å². The van der Waals surface area contributed by atoms with E-state index in [9.17, 15) is 19.3 Å². The molecule has 1 aliphatic heterocycles. The van der Waals surface area contributed by atoms with Crippen LogP contribution in [0.15, 0.2) is 18.2 Å². The summed E-state index contributed by atoms with van der Waals surface area (Å²) in [6.07, 6.45) is 0.763. The Morgan fingerprint density at radius 3 is 2.85 bits per heavy atom. The van der Waals surface area contributed by atoms with Gasteiger partial charge in [-0.15, -0.1) is 0 Å². The van der Waals surface area contributed by atoms with Crippen LogP contribution in [0.1, 0.15) is 23.7 Å². The molecule has 2 unspecified atom stereocenters. The molecule has 2 rings (SSSR count). The summed E-state index contributed by atoms with van der Waals surface area (Å²) in [7, 11) is 0. The maximum atomic E-state index is 13.7. The summed E-state index contributed by atoms with van der Waals surface area (Å²) in [6.45, 7) is 2.78. The molecule has 1 heterocycles. The normalized spacial score (nSPS) is 22.1. The second-order valence-electron chi connectivity index (χ2n) is 5.07. The molecule has 108 valence electrons. The molecule has 1 amide bonds. The lowest BCUT2D eigenvalue weighted by molar-refractivity contribution is -0.384. The molecular formula is C13H16FN3O3. The van der Waals surface area contributed by atoms with Gasteiger partial charge in [0.15, 0.2) is 0 Å². The molecule has 1 aromatic carbocycles. The first-order valence-electron chi connectivity index (χ1n) is 6.39. The van der Waals surface area contributed by atoms with E-state index in [1.54, 1.807) is 0 Å². The maximum absolute atomic E-state index is 13.7. The van der Waals surface area contributed by atoms with E-state index in [4.69, 9.17) is 5.73 Å². The lowest BCUT2D eigenvalue weighted by Gasteiger charge is -2.21. The molecule has 0 spiro atoms. The van der Waals surface area contributed by atoms with E-state index in [1.807, 2.05) is 6.92 Å². The highest BCUT2D eigenvalue weighted by molar-refractivity contribution is 5.95. The van der Waals surface area contributed by atoms with Gasteiger partial charge in [-0.05, 0) is 31.9 Å². The first-order valence-corrected chi connectivity index (χ1v) is 6.39. The Labute approximate surface area is 115 Å². The van der Waals surface area contributed by atoms with Gasteiger partial charge in [0.1, 0.15) is 5.82 Å². The van der Waals surface area contributed by atoms with Gasteiger partial charge in [-0.25, -0.2) is 4.39 Å². The van der Waals surface area contributed by atoms with E-state index in [1.165, 1.54) is 4.90 Å². The molecule has 1 fully saturated rings. The fourth-order valence-electron chi connectivity index (χ4n) is 2.54. The minimum absolute atomic E-state index is 0.0466. The van der Waals surface area contributed by atoms with Crippen LogP contribution in [0.4, 0.5) is 10.1 Å². The number of carbonyl (C=O) groups is 1. The van der Waals surface area contributed by atoms with Crippen molar-refractivity contribution in [3.05, 3.63) is 39.7 Å². The zero-order chi connectivity index (χ0) is 14.9. The summed E-state index contributed by atoms with van der Waals surface area (Å²) in [4.78, 5) is 23.9. The van der Waals surface area contributed by atoms with E-state index in [0.29, 0.717) is 13.1 Å². The van der Waals surface area contributed by atoms with Crippen molar-refractivity contribution in [2.45, 2.75) is 19.4 Å². The van der Waals surface area contributed by atoms with Crippen molar-refractivity contribution in [2.75, 3.05) is 13.1 Å². The van der Waals surface area contributed by atoms with Gasteiger partial charge in [-0.3, -0.25) is 14.9 Å². The average molecular weight is 281 g/mol. The molecule has 1 aliphatic rings. The molecule has 0 radical (unpaired) electrons. The molecule has 6 nitrogen and oxygen atoms in total. The number of halogens is 1. The average Bonchev–Trinajstić information content (AvgIpc) is 2.79. The highest BCUT2D eigenvalue weighted by Gasteiger charge is 2.33. The summed E-state index contributed by atoms with van der Waals surface area (Å²) in [5, 5.41) is 10.7. The fourth-order valence-corrected chi connectivity index (χ4v) is 2.54. The van der Waals surface area contributed by atoms with Crippen LogP contribution in [0.25, 0.3) is 0 Å². The lowest BCUT2D eigenvalue weighted by atomic mass is 10.1. The number of non-ortho nitro benzene ring substituents is 1. The van der Waals surface area contributed by atoms with Crippen LogP contribution in [-0.4, -0.2) is 34.9 Å². The van der Waals surface area contributed by atoms with Gasteiger partial charge in [0.05, 0.1) is 10.5 Å². The van der Waals surface area contributed by atoms with Crippen molar-refractivity contribution in [3.8, 4) is 0 Å². The molecule has 20 heavy (non-hydrogen) atoms. The maximum Gasteiger partial charge on any atom is 0.270 e. The van der Waals surface area contributed by atoms with Crippen molar-refractivity contribution in [1.82, 2.24) is 4.90 Å². The summed E-state index contributed by atoms with van der Waals surface area (Å²) >= 11 is 0. The summed E-state index contributed by atoms with van der Waals surface area (Å²) in [6, 6.07) is 2.93. The Kier molecular flexibility index (Phi) is 3.99. The van der Waals surface area contributed by atoms with Gasteiger partial charge >= 0.3 is 0 Å². The van der Waals surface area contributed by atoms with Crippen LogP contribution in [0.2, 0.25) is 0 Å². The highest BCUT2D eigenvalue weighted by Crippen LogP contribution is 2.26. The Balaban J connectivity index is 2.29. The number of benzene rings is 1. The molecular weight excluding hydrogens is 265 g/mol. The Hall–Kier alpha value is -2.02. The summed E-state index contributed by atoms with van der Waals surface area (Å²) in [5.74, 6) is -1.07. The van der Waals surface area contributed by atoms with E-state index in [0.717, 1.165) is 24.6 Å². The number of likely N-dealkylation sites (tertiary alicyclic amines) is 1. The number of rotatable bonds is 3. The number of nitro groups is 1. The van der Waals surface area contributed by atoms with E-state index in [-0.39, 0.29) is 23.2 Å². The lowest BCUT2D eigenvalue weighted by Crippen LogP contribution is -2.35. The third-order valence-electron chi connectivity index (χ3n) is 3.65. The second-order valence-corrected chi connectivity index (χ2v) is 5.07. The third kappa shape index (κ3) is 2.62. The number of nitro benzene ring substituents is 1. The number of hydrogen-bond donors (Lipinski definition) is 1. The van der Waals surface area contributed by atoms with Crippen LogP contribution < -0.4 is 5.73 Å². The number of nitrogens with zero attached hydrogens (tertiary/aromatic N) is 2. The minimum atomic E-state index is -0.746. The van der Waals surface area contributed by atoms with Crippen LogP contribution in [0.3, 0.4) is 0 Å². The predicted molar refractivity (Wildman–Crippen MR) is 70.7 cm³/mol. The van der Waals surface area contributed by atoms with E-state index >= 15 is 0 Å². The number of carbonyl (C=O) groups excluding carboxylic acids is 1. The fraction of sp³-hybridized carbons (Fsp3) is 0.462. The monoisotopic (exact) mass is 281 g/mol. The molecule has 0 aromatic heterocycles. The first kappa shape index (κ1) is 14.4. The molecule has 0 aliphatic carbocycles. The van der Waals surface area contributed by atoms with Crippen LogP contribution in [-0.2, 0) is 0 Å². The highest BCUT2D eigenvalue weighted by atomic mass is 19.1. The SMILES string of the molecule is CC1CC(CN)CN1C(=O)c1cc([N+](=O)[O-])ccc1F. The predicted octanol–water partition coefficient (Wildman–Crippen LogP) is 1.54. The minimum Gasteiger partial charge on any atom is -0.336 e. The van der Waals surface area contributed by atoms with Gasteiger partial charge in [-0.2, -0.15) is 0 Å². The topological polar surface area (TPSA) is 89.5 Å². The number of hydrogen-bond acceptors (Lipinski definition) is 4. The molecule has 0 bridgehead atoms. The van der Waals surface area contributed by atoms with Crippen LogP contribution in [0, 0.1) is 21.8 Å². The van der Waals surface area contributed by atoms with E-state index < -0.39 is 16.6 Å². The largest absolute Gasteiger partial charge is 0.336 e. The molecule has 0 saturated carbocycles. The smallest absolute Gasteiger partial charge is 0.270 e. The quantitative estimate of drug-likeness (QED) is 0.672. The molecule has 2 atom stereocenters. The van der Waals surface area contributed by atoms with Gasteiger partial charge in [-0.1, -0.05) is 0 Å². The molecule has 1 aromatic rings. The summed E-state index contributed by atoms with van der Waals surface area (Å²) < 4.78 is 13.7. The number of nitrogens with two attached hydrogens (primary N) is 1. The Morgan fingerprint density at radius 1 is 1.60 bits per heavy atom. The van der Waals surface area contributed by atoms with E-state index in [2.05, 4.69) is 0 Å². The zero-order valence-corrected chi connectivity index (χ0v) is 11.1. The second kappa shape index (κ2) is 5.54. The van der Waals surface area contributed by atoms with Crippen molar-refractivity contribution >= 4 is 11.6 Å². The Morgan fingerprint density at radius 2 is 2.30 bits per heavy atom. The van der Waals surface area contributed by atoms with Gasteiger partial charge in [0.2, 0.25) is 0 Å². The van der Waals surface area contributed by atoms with Crippen molar-refractivity contribution < 1.29 is 14.1 Å². The number of amides is 1. The first-order chi connectivity index (χ1) is 9.43. The Bertz CT molecular complexity index is 550. The zero-order valence-electron chi connectivity index (χ0n) is 11.1. The van der Waals surface area contributed by atoms with Crippen molar-refractivity contribution in [1.29, 1.82) is 0 Å². The standard InChI is InChI=1S/C13H16FN3O3/c1-8-4-9(6-15)7-16(8)13(18)11-5-10(17(19)20)2-3-12(11)14/h2-3,5,8-9H,4,6-7,15H2,1H3. The van der Waals surface area contributed by atoms with Crippen molar-refractivity contribution in [2.24, 2.45) is 11.7 Å². The molecule has 7 heteroatoms. The van der Waals surface area contributed by atoms with Crippen LogP contribution >= 0.6 is 0 Å². The van der Waals surface area contributed by atoms with Gasteiger partial charge in [0.25, 0.3) is 11.6 Å². The molecule has 1 saturated heterocycles.